The third-order valence-corrected chi connectivity index (χ3v) is 3.62. The fourth-order valence-electron chi connectivity index (χ4n) is 1.56. The summed E-state index contributed by atoms with van der Waals surface area (Å²) < 4.78 is 28.6. The van der Waals surface area contributed by atoms with Gasteiger partial charge in [-0.2, -0.15) is 8.42 Å². The lowest BCUT2D eigenvalue weighted by molar-refractivity contribution is 0.0994. The van der Waals surface area contributed by atoms with Crippen LogP contribution in [0, 0.1) is 6.92 Å². The maximum absolute atomic E-state index is 11.9. The first kappa shape index (κ1) is 14.1. The van der Waals surface area contributed by atoms with Gasteiger partial charge in [0.2, 0.25) is 0 Å². The molecular weight excluding hydrogens is 282 g/mol. The quantitative estimate of drug-likeness (QED) is 0.789. The number of aromatic nitrogens is 2. The summed E-state index contributed by atoms with van der Waals surface area (Å²) >= 11 is 0. The molecule has 0 aliphatic carbocycles. The summed E-state index contributed by atoms with van der Waals surface area (Å²) in [6.45, 7) is 1.90. The molecule has 1 aromatic heterocycles. The summed E-state index contributed by atoms with van der Waals surface area (Å²) in [4.78, 5) is 17.1. The Kier molecular flexibility index (Phi) is 3.75. The molecule has 0 radical (unpaired) electrons. The molecule has 7 nitrogen and oxygen atoms in total. The maximum Gasteiger partial charge on any atom is 0.314 e. The van der Waals surface area contributed by atoms with Crippen LogP contribution in [0.25, 0.3) is 0 Å². The van der Waals surface area contributed by atoms with E-state index in [1.54, 1.807) is 24.3 Å². The van der Waals surface area contributed by atoms with Gasteiger partial charge in [0.15, 0.2) is 5.69 Å². The zero-order chi connectivity index (χ0) is 14.8. The van der Waals surface area contributed by atoms with Gasteiger partial charge in [0.25, 0.3) is 11.8 Å². The van der Waals surface area contributed by atoms with Crippen LogP contribution in [0.5, 0.6) is 5.88 Å². The second-order valence-corrected chi connectivity index (χ2v) is 5.79. The summed E-state index contributed by atoms with van der Waals surface area (Å²) in [6, 6.07) is 6.98. The molecule has 1 aromatic carbocycles. The molecule has 2 rings (SSSR count). The minimum Gasteiger partial charge on any atom is -0.364 e. The van der Waals surface area contributed by atoms with Gasteiger partial charge in [0.05, 0.1) is 6.33 Å². The SMILES string of the molecule is Cc1ccc(CS(=O)(=O)Oc2nc[nH]c2C(N)=O)cc1. The van der Waals surface area contributed by atoms with E-state index in [0.29, 0.717) is 5.56 Å². The molecule has 20 heavy (non-hydrogen) atoms. The number of nitrogens with two attached hydrogens (primary N) is 1. The summed E-state index contributed by atoms with van der Waals surface area (Å²) in [5.74, 6) is -1.51. The van der Waals surface area contributed by atoms with E-state index in [0.717, 1.165) is 11.9 Å². The van der Waals surface area contributed by atoms with Crippen molar-refractivity contribution in [1.29, 1.82) is 0 Å². The van der Waals surface area contributed by atoms with Crippen LogP contribution in [0.4, 0.5) is 0 Å². The van der Waals surface area contributed by atoms with Crippen molar-refractivity contribution < 1.29 is 17.4 Å². The Morgan fingerprint density at radius 1 is 1.35 bits per heavy atom. The number of carbonyl (C=O) groups excluding carboxylic acids is 1. The fourth-order valence-corrected chi connectivity index (χ4v) is 2.59. The largest absolute Gasteiger partial charge is 0.364 e. The van der Waals surface area contributed by atoms with E-state index in [9.17, 15) is 13.2 Å². The molecule has 2 aromatic rings. The Labute approximate surface area is 115 Å². The van der Waals surface area contributed by atoms with E-state index in [1.807, 2.05) is 6.92 Å². The number of aryl methyl sites for hydroxylation is 1. The van der Waals surface area contributed by atoms with E-state index in [1.165, 1.54) is 0 Å². The van der Waals surface area contributed by atoms with Crippen LogP contribution in [-0.4, -0.2) is 24.3 Å². The van der Waals surface area contributed by atoms with E-state index in [2.05, 4.69) is 9.97 Å². The highest BCUT2D eigenvalue weighted by molar-refractivity contribution is 7.86. The van der Waals surface area contributed by atoms with Crippen LogP contribution in [0.1, 0.15) is 21.6 Å². The fraction of sp³-hybridized carbons (Fsp3) is 0.167. The summed E-state index contributed by atoms with van der Waals surface area (Å²) in [5.41, 5.74) is 6.48. The van der Waals surface area contributed by atoms with E-state index < -0.39 is 16.0 Å². The van der Waals surface area contributed by atoms with Gasteiger partial charge in [-0.3, -0.25) is 4.79 Å². The molecule has 0 saturated carbocycles. The number of H-pyrrole nitrogens is 1. The van der Waals surface area contributed by atoms with Crippen LogP contribution in [0.2, 0.25) is 0 Å². The monoisotopic (exact) mass is 295 g/mol. The average molecular weight is 295 g/mol. The Morgan fingerprint density at radius 2 is 2.00 bits per heavy atom. The number of hydrogen-bond acceptors (Lipinski definition) is 5. The molecule has 0 atom stereocenters. The molecule has 1 heterocycles. The minimum atomic E-state index is -3.92. The molecular formula is C12H13N3O4S. The van der Waals surface area contributed by atoms with Gasteiger partial charge in [-0.25, -0.2) is 4.98 Å². The first-order valence-corrected chi connectivity index (χ1v) is 7.26. The molecule has 0 bridgehead atoms. The normalized spacial score (nSPS) is 11.2. The van der Waals surface area contributed by atoms with Crippen molar-refractivity contribution in [1.82, 2.24) is 9.97 Å². The first-order chi connectivity index (χ1) is 9.37. The van der Waals surface area contributed by atoms with Crippen molar-refractivity contribution in [2.24, 2.45) is 5.73 Å². The summed E-state index contributed by atoms with van der Waals surface area (Å²) in [7, 11) is -3.92. The lowest BCUT2D eigenvalue weighted by Crippen LogP contribution is -2.17. The molecule has 106 valence electrons. The van der Waals surface area contributed by atoms with E-state index in [-0.39, 0.29) is 17.3 Å². The average Bonchev–Trinajstić information content (AvgIpc) is 2.79. The predicted molar refractivity (Wildman–Crippen MR) is 71.5 cm³/mol. The number of nitrogens with zero attached hydrogens (tertiary/aromatic N) is 1. The summed E-state index contributed by atoms with van der Waals surface area (Å²) in [6.07, 6.45) is 1.14. The number of primary amides is 1. The van der Waals surface area contributed by atoms with Crippen LogP contribution in [0.15, 0.2) is 30.6 Å². The molecule has 3 N–H and O–H groups in total. The Bertz CT molecular complexity index is 719. The van der Waals surface area contributed by atoms with Gasteiger partial charge < -0.3 is 14.9 Å². The maximum atomic E-state index is 11.9. The van der Waals surface area contributed by atoms with Crippen LogP contribution in [0.3, 0.4) is 0 Å². The van der Waals surface area contributed by atoms with Gasteiger partial charge in [-0.15, -0.1) is 0 Å². The molecule has 0 unspecified atom stereocenters. The van der Waals surface area contributed by atoms with Crippen LogP contribution >= 0.6 is 0 Å². The van der Waals surface area contributed by atoms with E-state index in [4.69, 9.17) is 9.92 Å². The second kappa shape index (κ2) is 5.33. The molecule has 8 heteroatoms. The molecule has 0 fully saturated rings. The number of rotatable bonds is 5. The standard InChI is InChI=1S/C12H13N3O4S/c1-8-2-4-9(5-3-8)6-20(17,18)19-12-10(11(13)16)14-7-15-12/h2-5,7H,6H2,1H3,(H2,13,16)(H,14,15). The summed E-state index contributed by atoms with van der Waals surface area (Å²) in [5, 5.41) is 0. The van der Waals surface area contributed by atoms with Crippen molar-refractivity contribution in [3.63, 3.8) is 0 Å². The number of hydrogen-bond donors (Lipinski definition) is 2. The lowest BCUT2D eigenvalue weighted by atomic mass is 10.2. The van der Waals surface area contributed by atoms with Crippen molar-refractivity contribution >= 4 is 16.0 Å². The zero-order valence-corrected chi connectivity index (χ0v) is 11.5. The Morgan fingerprint density at radius 3 is 2.60 bits per heavy atom. The predicted octanol–water partition coefficient (Wildman–Crippen LogP) is 0.726. The van der Waals surface area contributed by atoms with Gasteiger partial charge in [0, 0.05) is 0 Å². The number of imidazole rings is 1. The van der Waals surface area contributed by atoms with Gasteiger partial charge in [-0.1, -0.05) is 29.8 Å². The number of aromatic amines is 1. The number of amides is 1. The molecule has 0 aliphatic rings. The Balaban J connectivity index is 2.17. The number of nitrogens with one attached hydrogen (secondary N) is 1. The highest BCUT2D eigenvalue weighted by Gasteiger charge is 2.20. The van der Waals surface area contributed by atoms with Gasteiger partial charge in [-0.05, 0) is 12.5 Å². The van der Waals surface area contributed by atoms with Gasteiger partial charge in [0.1, 0.15) is 5.75 Å². The number of benzene rings is 1. The highest BCUT2D eigenvalue weighted by atomic mass is 32.2. The van der Waals surface area contributed by atoms with Gasteiger partial charge >= 0.3 is 10.1 Å². The van der Waals surface area contributed by atoms with Crippen LogP contribution in [-0.2, 0) is 15.9 Å². The molecule has 0 aliphatic heterocycles. The first-order valence-electron chi connectivity index (χ1n) is 5.68. The van der Waals surface area contributed by atoms with Crippen molar-refractivity contribution in [3.8, 4) is 5.88 Å². The third-order valence-electron chi connectivity index (χ3n) is 2.52. The van der Waals surface area contributed by atoms with Crippen LogP contribution < -0.4 is 9.92 Å². The minimum absolute atomic E-state index is 0.183. The van der Waals surface area contributed by atoms with Crippen molar-refractivity contribution in [2.45, 2.75) is 12.7 Å². The number of carbonyl (C=O) groups is 1. The second-order valence-electron chi connectivity index (χ2n) is 4.22. The zero-order valence-electron chi connectivity index (χ0n) is 10.7. The lowest BCUT2D eigenvalue weighted by Gasteiger charge is -2.06. The molecule has 0 saturated heterocycles. The Hall–Kier alpha value is -2.35. The van der Waals surface area contributed by atoms with Crippen molar-refractivity contribution in [2.75, 3.05) is 0 Å². The molecule has 0 spiro atoms. The van der Waals surface area contributed by atoms with Crippen molar-refractivity contribution in [3.05, 3.63) is 47.4 Å². The topological polar surface area (TPSA) is 115 Å². The molecule has 1 amide bonds. The highest BCUT2D eigenvalue weighted by Crippen LogP contribution is 2.17. The van der Waals surface area contributed by atoms with E-state index >= 15 is 0 Å². The third kappa shape index (κ3) is 3.35. The smallest absolute Gasteiger partial charge is 0.314 e.